The molecule has 1 amide bonds. The van der Waals surface area contributed by atoms with Crippen molar-refractivity contribution in [2.75, 3.05) is 9.91 Å². The van der Waals surface area contributed by atoms with E-state index in [1.165, 1.54) is 215 Å². The van der Waals surface area contributed by atoms with Crippen molar-refractivity contribution in [3.63, 3.8) is 0 Å². The maximum Gasteiger partial charge on any atom is 0.357 e. The largest absolute Gasteiger partial charge is 0.476 e. The van der Waals surface area contributed by atoms with E-state index in [1.54, 1.807) is 29.5 Å². The summed E-state index contributed by atoms with van der Waals surface area (Å²) in [7, 11) is 0. The Balaban J connectivity index is 1.07. The maximum atomic E-state index is 13.8. The van der Waals surface area contributed by atoms with Crippen molar-refractivity contribution in [1.82, 2.24) is 0 Å². The topological polar surface area (TPSA) is 73.2 Å². The molecule has 0 bridgehead atoms. The molecule has 1 N–H and O–H groups in total. The Bertz CT molecular complexity index is 3260. The van der Waals surface area contributed by atoms with Gasteiger partial charge in [0, 0.05) is 37.6 Å². The number of unbranched alkanes of at least 4 members (excludes halogenated alkanes) is 20. The van der Waals surface area contributed by atoms with Crippen LogP contribution in [0.15, 0.2) is 162 Å². The Kier molecular flexibility index (Phi) is 21.8. The van der Waals surface area contributed by atoms with Crippen molar-refractivity contribution in [3.05, 3.63) is 184 Å². The number of aliphatic carboxylic acids is 1. The summed E-state index contributed by atoms with van der Waals surface area (Å²) < 4.78 is 0. The van der Waals surface area contributed by atoms with Crippen LogP contribution < -0.4 is 9.91 Å². The second kappa shape index (κ2) is 30.2. The molecule has 7 aromatic rings. The van der Waals surface area contributed by atoms with Gasteiger partial charge in [0.2, 0.25) is 0 Å². The number of hydrazone groups is 1. The second-order valence-electron chi connectivity index (χ2n) is 25.1. The van der Waals surface area contributed by atoms with Crippen LogP contribution in [0, 0.1) is 0 Å². The zero-order chi connectivity index (χ0) is 59.7. The summed E-state index contributed by atoms with van der Waals surface area (Å²) in [5.41, 5.74) is 16.4. The number of para-hydroxylation sites is 1. The third-order valence-corrected chi connectivity index (χ3v) is 20.3. The van der Waals surface area contributed by atoms with Gasteiger partial charge in [-0.15, -0.1) is 11.3 Å². The number of carbonyl (C=O) groups is 2. The summed E-state index contributed by atoms with van der Waals surface area (Å²) >= 11 is 1.55. The zero-order valence-corrected chi connectivity index (χ0v) is 53.1. The van der Waals surface area contributed by atoms with Crippen LogP contribution in [0.2, 0.25) is 0 Å². The molecule has 2 heterocycles. The van der Waals surface area contributed by atoms with E-state index in [1.807, 2.05) is 24.3 Å². The third kappa shape index (κ3) is 13.8. The van der Waals surface area contributed by atoms with E-state index < -0.39 is 11.9 Å². The number of amides is 1. The highest BCUT2D eigenvalue weighted by Crippen LogP contribution is 2.58. The van der Waals surface area contributed by atoms with Crippen LogP contribution in [0.4, 0.5) is 22.7 Å². The first-order valence-corrected chi connectivity index (χ1v) is 34.5. The Hall–Kier alpha value is -6.83. The van der Waals surface area contributed by atoms with Gasteiger partial charge in [-0.3, -0.25) is 4.79 Å². The van der Waals surface area contributed by atoms with Gasteiger partial charge in [0.1, 0.15) is 0 Å². The zero-order valence-electron chi connectivity index (χ0n) is 52.3. The van der Waals surface area contributed by atoms with E-state index in [0.717, 1.165) is 46.7 Å². The minimum atomic E-state index is -1.23. The summed E-state index contributed by atoms with van der Waals surface area (Å²) in [4.78, 5) is 30.7. The number of thiophene rings is 1. The molecule has 0 unspecified atom stereocenters. The molecule has 86 heavy (non-hydrogen) atoms. The maximum absolute atomic E-state index is 13.8. The van der Waals surface area contributed by atoms with Crippen molar-refractivity contribution in [3.8, 4) is 32.7 Å². The lowest BCUT2D eigenvalue weighted by atomic mass is 9.70. The SMILES string of the molecule is CCCCCCCCC1(CCCCCCCC)c2ccccc2-c2ccc(N(c3ccc(-c4ccc(/C=C5\C(=O)N(c6ccccc6)N=C5C(=O)O)s4)cc3)c3ccc4c(c3)C(CCCCCCCC)(CCCCCCCC)c3ccccc3-4)cc21. The molecule has 0 atom stereocenters. The van der Waals surface area contributed by atoms with Crippen molar-refractivity contribution < 1.29 is 14.7 Å². The van der Waals surface area contributed by atoms with Gasteiger partial charge in [-0.2, -0.15) is 10.1 Å². The number of hydrogen-bond acceptors (Lipinski definition) is 5. The quantitative estimate of drug-likeness (QED) is 0.0317. The summed E-state index contributed by atoms with van der Waals surface area (Å²) in [6, 6.07) is 56.0. The fourth-order valence-electron chi connectivity index (χ4n) is 14.7. The highest BCUT2D eigenvalue weighted by atomic mass is 32.1. The predicted molar refractivity (Wildman–Crippen MR) is 366 cm³/mol. The van der Waals surface area contributed by atoms with E-state index in [0.29, 0.717) is 5.69 Å². The molecule has 0 saturated carbocycles. The first-order chi connectivity index (χ1) is 42.2. The van der Waals surface area contributed by atoms with E-state index in [2.05, 4.69) is 153 Å². The van der Waals surface area contributed by atoms with E-state index in [-0.39, 0.29) is 22.1 Å². The minimum Gasteiger partial charge on any atom is -0.476 e. The number of rotatable bonds is 35. The molecule has 6 nitrogen and oxygen atoms in total. The molecule has 1 aromatic heterocycles. The number of carbonyl (C=O) groups excluding carboxylic acids is 1. The fourth-order valence-corrected chi connectivity index (χ4v) is 15.7. The van der Waals surface area contributed by atoms with Crippen LogP contribution in [-0.2, 0) is 20.4 Å². The van der Waals surface area contributed by atoms with Crippen LogP contribution >= 0.6 is 11.3 Å². The molecule has 10 rings (SSSR count). The standard InChI is InChI=1S/C79H95N3O3S/c1-5-9-13-17-21-32-52-78(53-33-22-18-14-10-6-2)70-40-30-28-38-65(70)67-49-46-62(56-72(67)78)81(60-44-42-59(43-45-60)74-51-48-64(86-74)58-69-75(77(84)85)80-82(76(69)83)61-36-26-25-27-37-61)63-47-50-68-66-39-29-31-41-71(66)79(73(68)57-63,54-34-23-19-15-11-7-3)55-35-24-20-16-12-8-4/h25-31,36-51,56-58H,5-24,32-35,52-55H2,1-4H3,(H,84,85)/b69-58-. The van der Waals surface area contributed by atoms with Crippen LogP contribution in [-0.4, -0.2) is 22.7 Å². The highest BCUT2D eigenvalue weighted by molar-refractivity contribution is 7.16. The molecule has 7 heteroatoms. The number of hydrogen-bond donors (Lipinski definition) is 1. The average Bonchev–Trinajstić information content (AvgIpc) is 1.64. The third-order valence-electron chi connectivity index (χ3n) is 19.3. The van der Waals surface area contributed by atoms with Crippen molar-refractivity contribution >= 4 is 57.8 Å². The van der Waals surface area contributed by atoms with Gasteiger partial charge in [-0.05, 0) is 142 Å². The van der Waals surface area contributed by atoms with Crippen molar-refractivity contribution in [2.45, 2.75) is 218 Å². The molecule has 2 aliphatic carbocycles. The van der Waals surface area contributed by atoms with Gasteiger partial charge in [-0.25, -0.2) is 4.79 Å². The van der Waals surface area contributed by atoms with Gasteiger partial charge in [0.15, 0.2) is 5.71 Å². The smallest absolute Gasteiger partial charge is 0.357 e. The van der Waals surface area contributed by atoms with Gasteiger partial charge in [0.05, 0.1) is 11.3 Å². The van der Waals surface area contributed by atoms with Gasteiger partial charge in [0.25, 0.3) is 5.91 Å². The molecule has 6 aromatic carbocycles. The molecule has 1 aliphatic heterocycles. The number of fused-ring (bicyclic) bond motifs is 6. The normalized spacial score (nSPS) is 14.8. The molecule has 0 saturated heterocycles. The first kappa shape index (κ1) is 62.2. The minimum absolute atomic E-state index is 0.0673. The number of nitrogens with zero attached hydrogens (tertiary/aromatic N) is 3. The molecule has 0 radical (unpaired) electrons. The van der Waals surface area contributed by atoms with E-state index >= 15 is 0 Å². The van der Waals surface area contributed by atoms with Crippen molar-refractivity contribution in [2.24, 2.45) is 5.10 Å². The summed E-state index contributed by atoms with van der Waals surface area (Å²) in [6.07, 6.45) is 37.2. The number of carboxylic acid groups (broad SMARTS) is 1. The summed E-state index contributed by atoms with van der Waals surface area (Å²) in [5.74, 6) is -1.69. The van der Waals surface area contributed by atoms with Crippen molar-refractivity contribution in [1.29, 1.82) is 0 Å². The Labute approximate surface area is 519 Å². The monoisotopic (exact) mass is 1170 g/mol. The lowest BCUT2D eigenvalue weighted by Crippen LogP contribution is -2.26. The van der Waals surface area contributed by atoms with E-state index in [9.17, 15) is 14.7 Å². The van der Waals surface area contributed by atoms with Gasteiger partial charge in [-0.1, -0.05) is 273 Å². The van der Waals surface area contributed by atoms with Crippen LogP contribution in [0.25, 0.3) is 38.8 Å². The number of anilines is 4. The number of benzene rings is 6. The molecular formula is C79H95N3O3S. The van der Waals surface area contributed by atoms with Crippen LogP contribution in [0.5, 0.6) is 0 Å². The summed E-state index contributed by atoms with van der Waals surface area (Å²) in [6.45, 7) is 9.27. The fraction of sp³-hybridized carbons (Fsp3) is 0.430. The predicted octanol–water partition coefficient (Wildman–Crippen LogP) is 23.3. The Morgan fingerprint density at radius 3 is 1.33 bits per heavy atom. The molecule has 3 aliphatic rings. The molecule has 0 fully saturated rings. The Morgan fingerprint density at radius 1 is 0.465 bits per heavy atom. The van der Waals surface area contributed by atoms with Gasteiger partial charge < -0.3 is 10.0 Å². The first-order valence-electron chi connectivity index (χ1n) is 33.7. The lowest BCUT2D eigenvalue weighted by Gasteiger charge is -2.35. The lowest BCUT2D eigenvalue weighted by molar-refractivity contribution is -0.129. The van der Waals surface area contributed by atoms with Crippen LogP contribution in [0.3, 0.4) is 0 Å². The highest BCUT2D eigenvalue weighted by Gasteiger charge is 2.45. The second-order valence-corrected chi connectivity index (χ2v) is 26.3. The molecular weight excluding hydrogens is 1070 g/mol. The van der Waals surface area contributed by atoms with Crippen LogP contribution in [0.1, 0.15) is 235 Å². The Morgan fingerprint density at radius 2 is 0.872 bits per heavy atom. The van der Waals surface area contributed by atoms with Gasteiger partial charge >= 0.3 is 5.97 Å². The molecule has 0 spiro atoms. The van der Waals surface area contributed by atoms with E-state index in [4.69, 9.17) is 0 Å². The number of carboxylic acids is 1. The summed E-state index contributed by atoms with van der Waals surface area (Å²) in [5, 5.41) is 15.7. The molecule has 450 valence electrons. The average molecular weight is 1170 g/mol.